The van der Waals surface area contributed by atoms with Gasteiger partial charge in [-0.3, -0.25) is 4.79 Å². The van der Waals surface area contributed by atoms with Gasteiger partial charge < -0.3 is 9.47 Å². The Kier molecular flexibility index (Phi) is 8.83. The highest BCUT2D eigenvalue weighted by atomic mass is 79.9. The number of hydrogen-bond acceptors (Lipinski definition) is 6. The van der Waals surface area contributed by atoms with E-state index in [-0.39, 0.29) is 18.1 Å². The Morgan fingerprint density at radius 2 is 1.88 bits per heavy atom. The average molecular weight is 644 g/mol. The third-order valence-electron chi connectivity index (χ3n) is 4.87. The summed E-state index contributed by atoms with van der Waals surface area (Å²) in [6.07, 6.45) is 2.40. The minimum absolute atomic E-state index is 0.0417. The van der Waals surface area contributed by atoms with Crippen molar-refractivity contribution in [2.45, 2.75) is 33.1 Å². The topological polar surface area (TPSA) is 82.8 Å². The summed E-state index contributed by atoms with van der Waals surface area (Å²) in [5.74, 6) is 0.658. The first kappa shape index (κ1) is 25.6. The van der Waals surface area contributed by atoms with Crippen LogP contribution >= 0.6 is 47.8 Å². The molecule has 1 atom stereocenters. The Bertz CT molecular complexity index is 1250. The average Bonchev–Trinajstić information content (AvgIpc) is 2.77. The Morgan fingerprint density at radius 1 is 1.18 bits per heavy atom. The van der Waals surface area contributed by atoms with Crippen LogP contribution in [-0.2, 0) is 9.53 Å². The standard InChI is InChI=1S/C23H22Br3N3O4/c1-4-13(3)22-28-19-7-6-15(24)10-16(19)23(31)29(22)27-11-14-8-17(25)21(18(26)9-14)33-12-20(30)32-5-2/h6-11,13H,4-5,12H2,1-3H3/t13-/m1/s1. The normalized spacial score (nSPS) is 12.3. The number of halogens is 3. The van der Waals surface area contributed by atoms with Gasteiger partial charge in [0, 0.05) is 10.4 Å². The number of carbonyl (C=O) groups is 1. The van der Waals surface area contributed by atoms with Gasteiger partial charge in [-0.15, -0.1) is 0 Å². The summed E-state index contributed by atoms with van der Waals surface area (Å²) in [6, 6.07) is 9.01. The van der Waals surface area contributed by atoms with Gasteiger partial charge in [0.1, 0.15) is 11.6 Å². The molecule has 0 saturated heterocycles. The zero-order valence-corrected chi connectivity index (χ0v) is 23.0. The van der Waals surface area contributed by atoms with E-state index in [4.69, 9.17) is 14.5 Å². The van der Waals surface area contributed by atoms with Crippen molar-refractivity contribution in [2.75, 3.05) is 13.2 Å². The molecule has 0 unspecified atom stereocenters. The molecule has 3 rings (SSSR count). The van der Waals surface area contributed by atoms with Crippen LogP contribution in [0.25, 0.3) is 10.9 Å². The lowest BCUT2D eigenvalue weighted by atomic mass is 10.1. The number of carbonyl (C=O) groups excluding carboxylic acids is 1. The van der Waals surface area contributed by atoms with Crippen molar-refractivity contribution in [3.8, 4) is 5.75 Å². The summed E-state index contributed by atoms with van der Waals surface area (Å²) in [4.78, 5) is 29.5. The number of hydrogen-bond donors (Lipinski definition) is 0. The van der Waals surface area contributed by atoms with Gasteiger partial charge in [-0.25, -0.2) is 9.78 Å². The van der Waals surface area contributed by atoms with Crippen LogP contribution in [0.2, 0.25) is 0 Å². The summed E-state index contributed by atoms with van der Waals surface area (Å²) in [6.45, 7) is 5.88. The maximum Gasteiger partial charge on any atom is 0.344 e. The molecular formula is C23H22Br3N3O4. The van der Waals surface area contributed by atoms with Gasteiger partial charge >= 0.3 is 5.97 Å². The van der Waals surface area contributed by atoms with E-state index in [0.717, 1.165) is 10.9 Å². The predicted octanol–water partition coefficient (Wildman–Crippen LogP) is 6.02. The second kappa shape index (κ2) is 11.4. The molecule has 2 aromatic carbocycles. The molecule has 0 aliphatic rings. The largest absolute Gasteiger partial charge is 0.480 e. The first-order chi connectivity index (χ1) is 15.7. The summed E-state index contributed by atoms with van der Waals surface area (Å²) in [7, 11) is 0. The molecule has 0 bridgehead atoms. The Labute approximate surface area is 216 Å². The highest BCUT2D eigenvalue weighted by molar-refractivity contribution is 9.11. The highest BCUT2D eigenvalue weighted by Crippen LogP contribution is 2.34. The third-order valence-corrected chi connectivity index (χ3v) is 6.54. The summed E-state index contributed by atoms with van der Waals surface area (Å²) >= 11 is 10.3. The number of rotatable bonds is 8. The molecule has 10 heteroatoms. The van der Waals surface area contributed by atoms with Gasteiger partial charge in [0.25, 0.3) is 5.56 Å². The van der Waals surface area contributed by atoms with E-state index in [1.54, 1.807) is 31.3 Å². The molecule has 0 amide bonds. The summed E-state index contributed by atoms with van der Waals surface area (Å²) in [5.41, 5.74) is 1.12. The van der Waals surface area contributed by atoms with Crippen LogP contribution in [0.4, 0.5) is 0 Å². The van der Waals surface area contributed by atoms with Gasteiger partial charge in [-0.05, 0) is 81.1 Å². The summed E-state index contributed by atoms with van der Waals surface area (Å²) in [5, 5.41) is 4.96. The second-order valence-electron chi connectivity index (χ2n) is 7.21. The van der Waals surface area contributed by atoms with E-state index in [1.807, 2.05) is 26.0 Å². The molecule has 33 heavy (non-hydrogen) atoms. The molecule has 3 aromatic rings. The Morgan fingerprint density at radius 3 is 2.52 bits per heavy atom. The number of benzene rings is 2. The molecule has 0 radical (unpaired) electrons. The maximum atomic E-state index is 13.2. The minimum atomic E-state index is -0.450. The molecule has 0 N–H and O–H groups in total. The van der Waals surface area contributed by atoms with Crippen molar-refractivity contribution < 1.29 is 14.3 Å². The van der Waals surface area contributed by atoms with E-state index in [9.17, 15) is 9.59 Å². The quantitative estimate of drug-likeness (QED) is 0.221. The fourth-order valence-corrected chi connectivity index (χ4v) is 4.84. The number of esters is 1. The van der Waals surface area contributed by atoms with E-state index < -0.39 is 5.97 Å². The van der Waals surface area contributed by atoms with E-state index >= 15 is 0 Å². The van der Waals surface area contributed by atoms with Gasteiger partial charge in [-0.2, -0.15) is 9.78 Å². The first-order valence-corrected chi connectivity index (χ1v) is 12.7. The van der Waals surface area contributed by atoms with Crippen LogP contribution < -0.4 is 10.3 Å². The summed E-state index contributed by atoms with van der Waals surface area (Å²) < 4.78 is 13.8. The van der Waals surface area contributed by atoms with Crippen molar-refractivity contribution in [3.05, 3.63) is 65.5 Å². The molecule has 1 aromatic heterocycles. The third kappa shape index (κ3) is 6.10. The van der Waals surface area contributed by atoms with Crippen molar-refractivity contribution in [1.29, 1.82) is 0 Å². The predicted molar refractivity (Wildman–Crippen MR) is 139 cm³/mol. The molecule has 0 saturated carbocycles. The number of nitrogens with zero attached hydrogens (tertiary/aromatic N) is 3. The molecular weight excluding hydrogens is 622 g/mol. The fraction of sp³-hybridized carbons (Fsp3) is 0.304. The smallest absolute Gasteiger partial charge is 0.344 e. The SMILES string of the molecule is CCOC(=O)COc1c(Br)cc(C=Nn2c([C@H](C)CC)nc3ccc(Br)cc3c2=O)cc1Br. The van der Waals surface area contributed by atoms with Crippen LogP contribution in [0.1, 0.15) is 44.5 Å². The van der Waals surface area contributed by atoms with E-state index in [2.05, 4.69) is 52.9 Å². The molecule has 1 heterocycles. The maximum absolute atomic E-state index is 13.2. The van der Waals surface area contributed by atoms with Gasteiger partial charge in [-0.1, -0.05) is 29.8 Å². The molecule has 7 nitrogen and oxygen atoms in total. The van der Waals surface area contributed by atoms with Gasteiger partial charge in [0.2, 0.25) is 0 Å². The number of fused-ring (bicyclic) bond motifs is 1. The lowest BCUT2D eigenvalue weighted by molar-refractivity contribution is -0.145. The first-order valence-electron chi connectivity index (χ1n) is 10.3. The van der Waals surface area contributed by atoms with Crippen LogP contribution in [0, 0.1) is 0 Å². The lowest BCUT2D eigenvalue weighted by Gasteiger charge is -2.14. The molecule has 174 valence electrons. The molecule has 0 aliphatic heterocycles. The molecule has 0 fully saturated rings. The second-order valence-corrected chi connectivity index (χ2v) is 9.83. The lowest BCUT2D eigenvalue weighted by Crippen LogP contribution is -2.23. The van der Waals surface area contributed by atoms with Crippen molar-refractivity contribution in [3.63, 3.8) is 0 Å². The zero-order valence-electron chi connectivity index (χ0n) is 18.3. The van der Waals surface area contributed by atoms with Crippen molar-refractivity contribution >= 4 is 70.9 Å². The van der Waals surface area contributed by atoms with E-state index in [1.165, 1.54) is 4.68 Å². The van der Waals surface area contributed by atoms with Crippen LogP contribution in [0.3, 0.4) is 0 Å². The zero-order chi connectivity index (χ0) is 24.1. The van der Waals surface area contributed by atoms with Gasteiger partial charge in [0.05, 0.1) is 32.7 Å². The fourth-order valence-electron chi connectivity index (χ4n) is 3.03. The monoisotopic (exact) mass is 641 g/mol. The Balaban J connectivity index is 1.99. The molecule has 0 aliphatic carbocycles. The van der Waals surface area contributed by atoms with Crippen LogP contribution in [0.5, 0.6) is 5.75 Å². The van der Waals surface area contributed by atoms with Crippen molar-refractivity contribution in [2.24, 2.45) is 5.10 Å². The van der Waals surface area contributed by atoms with Crippen LogP contribution in [0.15, 0.2) is 53.6 Å². The minimum Gasteiger partial charge on any atom is -0.480 e. The highest BCUT2D eigenvalue weighted by Gasteiger charge is 2.16. The number of aromatic nitrogens is 2. The van der Waals surface area contributed by atoms with Crippen molar-refractivity contribution in [1.82, 2.24) is 9.66 Å². The molecule has 0 spiro atoms. The Hall–Kier alpha value is -2.04. The van der Waals surface area contributed by atoms with Gasteiger partial charge in [0.15, 0.2) is 6.61 Å². The number of ether oxygens (including phenoxy) is 2. The van der Waals surface area contributed by atoms with E-state index in [0.29, 0.717) is 43.6 Å². The van der Waals surface area contributed by atoms with Crippen LogP contribution in [-0.4, -0.2) is 35.1 Å².